The van der Waals surface area contributed by atoms with Gasteiger partial charge in [-0.1, -0.05) is 31.9 Å². The minimum Gasteiger partial charge on any atom is -0.310 e. The summed E-state index contributed by atoms with van der Waals surface area (Å²) in [6.07, 6.45) is 6.11. The number of amides is 3. The standard InChI is InChI=1S/C22H25ClFN5O2/c1-3-13(2)18-11-29(21-17(24)9-16(23)10-26-21)22(31)28(18)12-20(30)27-19-8-15(6-7-25-19)14-4-5-14/h6-10,13-14,18H,3-5,11-12H2,1-2H3,(H,25,27,30)/t13-,18+/m0/s1. The van der Waals surface area contributed by atoms with E-state index >= 15 is 0 Å². The molecule has 164 valence electrons. The molecule has 2 atom stereocenters. The van der Waals surface area contributed by atoms with Crippen LogP contribution in [-0.4, -0.2) is 45.9 Å². The molecule has 1 aliphatic heterocycles. The lowest BCUT2D eigenvalue weighted by Crippen LogP contribution is -2.43. The van der Waals surface area contributed by atoms with Crippen LogP contribution in [0.1, 0.15) is 44.6 Å². The molecule has 9 heteroatoms. The second kappa shape index (κ2) is 8.78. The quantitative estimate of drug-likeness (QED) is 0.683. The number of rotatable bonds is 7. The molecule has 3 heterocycles. The Morgan fingerprint density at radius 1 is 1.35 bits per heavy atom. The molecular weight excluding hydrogens is 421 g/mol. The Labute approximate surface area is 185 Å². The van der Waals surface area contributed by atoms with E-state index in [2.05, 4.69) is 15.3 Å². The predicted molar refractivity (Wildman–Crippen MR) is 117 cm³/mol. The summed E-state index contributed by atoms with van der Waals surface area (Å²) in [7, 11) is 0. The normalized spacial score (nSPS) is 19.6. The van der Waals surface area contributed by atoms with Crippen molar-refractivity contribution in [3.05, 3.63) is 47.0 Å². The maximum atomic E-state index is 14.4. The Morgan fingerprint density at radius 2 is 2.13 bits per heavy atom. The van der Waals surface area contributed by atoms with Crippen LogP contribution in [-0.2, 0) is 4.79 Å². The maximum absolute atomic E-state index is 14.4. The van der Waals surface area contributed by atoms with E-state index in [4.69, 9.17) is 11.6 Å². The first-order valence-corrected chi connectivity index (χ1v) is 10.9. The first-order chi connectivity index (χ1) is 14.9. The number of pyridine rings is 2. The van der Waals surface area contributed by atoms with Gasteiger partial charge in [-0.2, -0.15) is 0 Å². The summed E-state index contributed by atoms with van der Waals surface area (Å²) in [4.78, 5) is 36.9. The van der Waals surface area contributed by atoms with Gasteiger partial charge in [-0.15, -0.1) is 0 Å². The fourth-order valence-electron chi connectivity index (χ4n) is 3.91. The highest BCUT2D eigenvalue weighted by Gasteiger charge is 2.42. The van der Waals surface area contributed by atoms with Crippen molar-refractivity contribution in [2.75, 3.05) is 23.3 Å². The molecule has 0 unspecified atom stereocenters. The van der Waals surface area contributed by atoms with E-state index in [9.17, 15) is 14.0 Å². The van der Waals surface area contributed by atoms with Gasteiger partial charge in [0.15, 0.2) is 11.6 Å². The summed E-state index contributed by atoms with van der Waals surface area (Å²) >= 11 is 5.80. The van der Waals surface area contributed by atoms with Crippen LogP contribution in [0.15, 0.2) is 30.6 Å². The van der Waals surface area contributed by atoms with Gasteiger partial charge in [0, 0.05) is 12.4 Å². The maximum Gasteiger partial charge on any atom is 0.326 e. The van der Waals surface area contributed by atoms with E-state index in [1.807, 2.05) is 26.0 Å². The second-order valence-corrected chi connectivity index (χ2v) is 8.67. The van der Waals surface area contributed by atoms with Crippen molar-refractivity contribution >= 4 is 35.2 Å². The van der Waals surface area contributed by atoms with E-state index in [1.54, 1.807) is 6.20 Å². The van der Waals surface area contributed by atoms with Crippen LogP contribution < -0.4 is 10.2 Å². The van der Waals surface area contributed by atoms with E-state index < -0.39 is 11.8 Å². The van der Waals surface area contributed by atoms with Gasteiger partial charge in [0.05, 0.1) is 17.6 Å². The zero-order valence-electron chi connectivity index (χ0n) is 17.5. The van der Waals surface area contributed by atoms with Crippen molar-refractivity contribution in [2.45, 2.75) is 45.1 Å². The topological polar surface area (TPSA) is 78.4 Å². The fraction of sp³-hybridized carbons (Fsp3) is 0.455. The summed E-state index contributed by atoms with van der Waals surface area (Å²) in [5.74, 6) is 0.0507. The summed E-state index contributed by atoms with van der Waals surface area (Å²) in [6, 6.07) is 4.28. The molecule has 31 heavy (non-hydrogen) atoms. The first kappa shape index (κ1) is 21.5. The van der Waals surface area contributed by atoms with Gasteiger partial charge < -0.3 is 10.2 Å². The molecule has 0 bridgehead atoms. The van der Waals surface area contributed by atoms with Crippen molar-refractivity contribution in [3.63, 3.8) is 0 Å². The zero-order chi connectivity index (χ0) is 22.1. The highest BCUT2D eigenvalue weighted by Crippen LogP contribution is 2.40. The molecule has 1 saturated carbocycles. The third-order valence-corrected chi connectivity index (χ3v) is 6.21. The Hall–Kier alpha value is -2.74. The van der Waals surface area contributed by atoms with Gasteiger partial charge in [-0.05, 0) is 48.4 Å². The number of halogens is 2. The third kappa shape index (κ3) is 4.63. The van der Waals surface area contributed by atoms with Crippen LogP contribution >= 0.6 is 11.6 Å². The van der Waals surface area contributed by atoms with Gasteiger partial charge >= 0.3 is 6.03 Å². The lowest BCUT2D eigenvalue weighted by atomic mass is 9.98. The van der Waals surface area contributed by atoms with Crippen molar-refractivity contribution < 1.29 is 14.0 Å². The number of nitrogens with zero attached hydrogens (tertiary/aromatic N) is 4. The van der Waals surface area contributed by atoms with E-state index in [0.29, 0.717) is 11.7 Å². The molecule has 0 radical (unpaired) electrons. The third-order valence-electron chi connectivity index (χ3n) is 6.01. The van der Waals surface area contributed by atoms with Crippen LogP contribution in [0, 0.1) is 11.7 Å². The summed E-state index contributed by atoms with van der Waals surface area (Å²) < 4.78 is 14.4. The molecule has 2 aromatic rings. The first-order valence-electron chi connectivity index (χ1n) is 10.5. The van der Waals surface area contributed by atoms with Crippen LogP contribution in [0.3, 0.4) is 0 Å². The smallest absolute Gasteiger partial charge is 0.310 e. The van der Waals surface area contributed by atoms with Crippen molar-refractivity contribution in [1.82, 2.24) is 14.9 Å². The molecule has 7 nitrogen and oxygen atoms in total. The monoisotopic (exact) mass is 445 g/mol. The highest BCUT2D eigenvalue weighted by atomic mass is 35.5. The molecule has 1 saturated heterocycles. The zero-order valence-corrected chi connectivity index (χ0v) is 18.3. The lowest BCUT2D eigenvalue weighted by Gasteiger charge is -2.26. The number of aromatic nitrogens is 2. The lowest BCUT2D eigenvalue weighted by molar-refractivity contribution is -0.117. The number of urea groups is 1. The average molecular weight is 446 g/mol. The number of carbonyl (C=O) groups excluding carboxylic acids is 2. The molecule has 0 aromatic carbocycles. The molecule has 2 aliphatic rings. The predicted octanol–water partition coefficient (Wildman–Crippen LogP) is 4.44. The summed E-state index contributed by atoms with van der Waals surface area (Å²) in [6.45, 7) is 4.14. The van der Waals surface area contributed by atoms with Crippen molar-refractivity contribution in [1.29, 1.82) is 0 Å². The van der Waals surface area contributed by atoms with Gasteiger partial charge in [0.2, 0.25) is 5.91 Å². The van der Waals surface area contributed by atoms with E-state index in [-0.39, 0.29) is 41.8 Å². The van der Waals surface area contributed by atoms with Gasteiger partial charge in [-0.25, -0.2) is 19.2 Å². The number of hydrogen-bond donors (Lipinski definition) is 1. The molecule has 1 aliphatic carbocycles. The SMILES string of the molecule is CC[C@H](C)[C@H]1CN(c2ncc(Cl)cc2F)C(=O)N1CC(=O)Nc1cc(C2CC2)ccn1. The number of hydrogen-bond acceptors (Lipinski definition) is 4. The van der Waals surface area contributed by atoms with Crippen LogP contribution in [0.5, 0.6) is 0 Å². The minimum absolute atomic E-state index is 0.0792. The largest absolute Gasteiger partial charge is 0.326 e. The molecular formula is C22H25ClFN5O2. The Balaban J connectivity index is 1.51. The molecule has 3 amide bonds. The Bertz CT molecular complexity index is 1000. The van der Waals surface area contributed by atoms with Gasteiger partial charge in [0.25, 0.3) is 0 Å². The number of anilines is 2. The fourth-order valence-corrected chi connectivity index (χ4v) is 4.06. The number of nitrogens with one attached hydrogen (secondary N) is 1. The van der Waals surface area contributed by atoms with Crippen LogP contribution in [0.2, 0.25) is 5.02 Å². The van der Waals surface area contributed by atoms with Gasteiger partial charge in [-0.3, -0.25) is 9.69 Å². The second-order valence-electron chi connectivity index (χ2n) is 8.23. The summed E-state index contributed by atoms with van der Waals surface area (Å²) in [5, 5.41) is 2.95. The van der Waals surface area contributed by atoms with Crippen LogP contribution in [0.25, 0.3) is 0 Å². The molecule has 0 spiro atoms. The molecule has 2 fully saturated rings. The average Bonchev–Trinajstić information content (AvgIpc) is 3.54. The summed E-state index contributed by atoms with van der Waals surface area (Å²) in [5.41, 5.74) is 1.16. The molecule has 2 aromatic heterocycles. The van der Waals surface area contributed by atoms with Crippen molar-refractivity contribution in [3.8, 4) is 0 Å². The van der Waals surface area contributed by atoms with E-state index in [1.165, 1.54) is 16.0 Å². The highest BCUT2D eigenvalue weighted by molar-refractivity contribution is 6.30. The van der Waals surface area contributed by atoms with Crippen molar-refractivity contribution in [2.24, 2.45) is 5.92 Å². The molecule has 4 rings (SSSR count). The Morgan fingerprint density at radius 3 is 2.81 bits per heavy atom. The number of carbonyl (C=O) groups is 2. The van der Waals surface area contributed by atoms with E-state index in [0.717, 1.165) is 30.9 Å². The Kier molecular flexibility index (Phi) is 6.09. The molecule has 1 N–H and O–H groups in total. The minimum atomic E-state index is -0.670. The van der Waals surface area contributed by atoms with Gasteiger partial charge in [0.1, 0.15) is 12.4 Å². The van der Waals surface area contributed by atoms with Crippen LogP contribution in [0.4, 0.5) is 20.8 Å².